The molecule has 25 heavy (non-hydrogen) atoms. The maximum atomic E-state index is 12.1. The Morgan fingerprint density at radius 1 is 1.12 bits per heavy atom. The predicted octanol–water partition coefficient (Wildman–Crippen LogP) is 4.93. The molecule has 1 N–H and O–H groups in total. The highest BCUT2D eigenvalue weighted by molar-refractivity contribution is 9.10. The van der Waals surface area contributed by atoms with Crippen LogP contribution >= 0.6 is 39.1 Å². The third kappa shape index (κ3) is 4.71. The predicted molar refractivity (Wildman–Crippen MR) is 100 cm³/mol. The van der Waals surface area contributed by atoms with Crippen molar-refractivity contribution in [3.8, 4) is 17.2 Å². The van der Waals surface area contributed by atoms with Gasteiger partial charge in [0.1, 0.15) is 5.75 Å². The van der Waals surface area contributed by atoms with Crippen LogP contribution in [0.1, 0.15) is 6.42 Å². The molecular formula is C17H14BrCl2NO4. The van der Waals surface area contributed by atoms with Crippen molar-refractivity contribution in [3.05, 3.63) is 44.8 Å². The summed E-state index contributed by atoms with van der Waals surface area (Å²) in [4.78, 5) is 12.1. The van der Waals surface area contributed by atoms with Crippen LogP contribution < -0.4 is 19.5 Å². The van der Waals surface area contributed by atoms with Crippen LogP contribution in [0.2, 0.25) is 10.0 Å². The van der Waals surface area contributed by atoms with E-state index in [2.05, 4.69) is 21.2 Å². The molecule has 0 saturated heterocycles. The second kappa shape index (κ2) is 8.17. The number of benzene rings is 2. The zero-order valence-corrected chi connectivity index (χ0v) is 16.1. The van der Waals surface area contributed by atoms with Gasteiger partial charge in [0.2, 0.25) is 0 Å². The van der Waals surface area contributed by atoms with E-state index in [9.17, 15) is 4.79 Å². The number of carbonyl (C=O) groups is 1. The summed E-state index contributed by atoms with van der Waals surface area (Å²) in [6, 6.07) is 8.43. The second-order valence-corrected chi connectivity index (χ2v) is 6.97. The quantitative estimate of drug-likeness (QED) is 0.722. The summed E-state index contributed by atoms with van der Waals surface area (Å²) in [5.41, 5.74) is 0.430. The molecule has 1 aliphatic rings. The van der Waals surface area contributed by atoms with E-state index in [1.54, 1.807) is 30.3 Å². The van der Waals surface area contributed by atoms with Crippen LogP contribution in [0, 0.1) is 0 Å². The Labute approximate surface area is 163 Å². The first-order valence-corrected chi connectivity index (χ1v) is 9.04. The zero-order valence-electron chi connectivity index (χ0n) is 13.0. The second-order valence-electron chi connectivity index (χ2n) is 5.24. The molecule has 0 bridgehead atoms. The fourth-order valence-electron chi connectivity index (χ4n) is 2.20. The number of rotatable bonds is 4. The summed E-state index contributed by atoms with van der Waals surface area (Å²) in [7, 11) is 0. The van der Waals surface area contributed by atoms with Crippen molar-refractivity contribution in [3.63, 3.8) is 0 Å². The highest BCUT2D eigenvalue weighted by atomic mass is 79.9. The lowest BCUT2D eigenvalue weighted by molar-refractivity contribution is -0.118. The van der Waals surface area contributed by atoms with E-state index in [-0.39, 0.29) is 12.5 Å². The van der Waals surface area contributed by atoms with Gasteiger partial charge in [-0.3, -0.25) is 4.79 Å². The van der Waals surface area contributed by atoms with Gasteiger partial charge in [-0.2, -0.15) is 0 Å². The van der Waals surface area contributed by atoms with Gasteiger partial charge in [0.15, 0.2) is 18.1 Å². The fraction of sp³-hybridized carbons (Fsp3) is 0.235. The molecule has 0 atom stereocenters. The SMILES string of the molecule is O=C(COc1cc(Br)ccc1Cl)Nc1cc2c(cc1Cl)OCCCO2. The first-order chi connectivity index (χ1) is 12.0. The number of hydrogen-bond donors (Lipinski definition) is 1. The highest BCUT2D eigenvalue weighted by Crippen LogP contribution is 2.37. The van der Waals surface area contributed by atoms with Crippen LogP contribution in [0.15, 0.2) is 34.8 Å². The van der Waals surface area contributed by atoms with E-state index >= 15 is 0 Å². The largest absolute Gasteiger partial charge is 0.490 e. The number of carbonyl (C=O) groups excluding carboxylic acids is 1. The average Bonchev–Trinajstić information content (AvgIpc) is 2.81. The monoisotopic (exact) mass is 445 g/mol. The minimum absolute atomic E-state index is 0.207. The number of hydrogen-bond acceptors (Lipinski definition) is 4. The van der Waals surface area contributed by atoms with Gasteiger partial charge in [0.05, 0.1) is 28.9 Å². The van der Waals surface area contributed by atoms with Crippen LogP contribution in [0.4, 0.5) is 5.69 Å². The molecule has 5 nitrogen and oxygen atoms in total. The third-order valence-corrected chi connectivity index (χ3v) is 4.48. The minimum Gasteiger partial charge on any atom is -0.490 e. The normalized spacial score (nSPS) is 13.1. The molecule has 3 rings (SSSR count). The molecule has 0 fully saturated rings. The van der Waals surface area contributed by atoms with Gasteiger partial charge in [-0.1, -0.05) is 39.1 Å². The zero-order chi connectivity index (χ0) is 17.8. The first-order valence-electron chi connectivity index (χ1n) is 7.50. The van der Waals surface area contributed by atoms with Crippen LogP contribution in [0.3, 0.4) is 0 Å². The summed E-state index contributed by atoms with van der Waals surface area (Å²) in [6.07, 6.45) is 0.787. The topological polar surface area (TPSA) is 56.8 Å². The average molecular weight is 447 g/mol. The van der Waals surface area contributed by atoms with Crippen molar-refractivity contribution < 1.29 is 19.0 Å². The van der Waals surface area contributed by atoms with Gasteiger partial charge in [-0.05, 0) is 18.2 Å². The molecule has 1 aliphatic heterocycles. The van der Waals surface area contributed by atoms with Crippen LogP contribution in [-0.4, -0.2) is 25.7 Å². The molecule has 0 saturated carbocycles. The molecule has 0 spiro atoms. The van der Waals surface area contributed by atoms with E-state index in [1.807, 2.05) is 0 Å². The smallest absolute Gasteiger partial charge is 0.262 e. The van der Waals surface area contributed by atoms with E-state index in [0.29, 0.717) is 46.2 Å². The molecule has 8 heteroatoms. The van der Waals surface area contributed by atoms with Crippen molar-refractivity contribution in [1.29, 1.82) is 0 Å². The van der Waals surface area contributed by atoms with Crippen LogP contribution in [0.25, 0.3) is 0 Å². The maximum absolute atomic E-state index is 12.1. The fourth-order valence-corrected chi connectivity index (χ4v) is 2.91. The summed E-state index contributed by atoms with van der Waals surface area (Å²) < 4.78 is 17.4. The van der Waals surface area contributed by atoms with E-state index in [1.165, 1.54) is 0 Å². The molecule has 2 aromatic rings. The van der Waals surface area contributed by atoms with E-state index in [0.717, 1.165) is 10.9 Å². The summed E-state index contributed by atoms with van der Waals surface area (Å²) in [6.45, 7) is 0.906. The number of anilines is 1. The van der Waals surface area contributed by atoms with Gasteiger partial charge in [0, 0.05) is 23.0 Å². The van der Waals surface area contributed by atoms with Crippen LogP contribution in [-0.2, 0) is 4.79 Å². The Bertz CT molecular complexity index is 800. The number of ether oxygens (including phenoxy) is 3. The van der Waals surface area contributed by atoms with Gasteiger partial charge in [0.25, 0.3) is 5.91 Å². The van der Waals surface area contributed by atoms with Gasteiger partial charge >= 0.3 is 0 Å². The van der Waals surface area contributed by atoms with E-state index < -0.39 is 0 Å². The lowest BCUT2D eigenvalue weighted by Gasteiger charge is -2.13. The van der Waals surface area contributed by atoms with Crippen LogP contribution in [0.5, 0.6) is 17.2 Å². The third-order valence-electron chi connectivity index (χ3n) is 3.36. The Morgan fingerprint density at radius 3 is 2.60 bits per heavy atom. The number of halogens is 3. The highest BCUT2D eigenvalue weighted by Gasteiger charge is 2.16. The molecule has 1 heterocycles. The molecule has 0 aliphatic carbocycles. The Balaban J connectivity index is 1.66. The van der Waals surface area contributed by atoms with Gasteiger partial charge < -0.3 is 19.5 Å². The van der Waals surface area contributed by atoms with E-state index in [4.69, 9.17) is 37.4 Å². The maximum Gasteiger partial charge on any atom is 0.262 e. The molecule has 0 unspecified atom stereocenters. The van der Waals surface area contributed by atoms with Gasteiger partial charge in [-0.25, -0.2) is 0 Å². The lowest BCUT2D eigenvalue weighted by atomic mass is 10.2. The summed E-state index contributed by atoms with van der Waals surface area (Å²) in [5, 5.41) is 3.48. The Hall–Kier alpha value is -1.63. The Morgan fingerprint density at radius 2 is 1.84 bits per heavy atom. The van der Waals surface area contributed by atoms with Crippen molar-refractivity contribution in [2.24, 2.45) is 0 Å². The van der Waals surface area contributed by atoms with Crippen molar-refractivity contribution in [1.82, 2.24) is 0 Å². The standard InChI is InChI=1S/C17H14BrCl2NO4/c18-10-2-3-11(19)14(6-10)25-9-17(22)21-13-8-16-15(7-12(13)20)23-4-1-5-24-16/h2-3,6-8H,1,4-5,9H2,(H,21,22). The molecule has 132 valence electrons. The summed E-state index contributed by atoms with van der Waals surface area (Å²) in [5.74, 6) is 1.16. The van der Waals surface area contributed by atoms with Crippen molar-refractivity contribution in [2.75, 3.05) is 25.1 Å². The van der Waals surface area contributed by atoms with Crippen molar-refractivity contribution >= 4 is 50.7 Å². The number of nitrogens with one attached hydrogen (secondary N) is 1. The minimum atomic E-state index is -0.368. The Kier molecular flexibility index (Phi) is 5.93. The molecular weight excluding hydrogens is 433 g/mol. The first kappa shape index (κ1) is 18.2. The molecule has 1 amide bonds. The molecule has 0 aromatic heterocycles. The van der Waals surface area contributed by atoms with Gasteiger partial charge in [-0.15, -0.1) is 0 Å². The number of amides is 1. The molecule has 0 radical (unpaired) electrons. The lowest BCUT2D eigenvalue weighted by Crippen LogP contribution is -2.20. The van der Waals surface area contributed by atoms with Crippen molar-refractivity contribution in [2.45, 2.75) is 6.42 Å². The number of fused-ring (bicyclic) bond motifs is 1. The molecule has 2 aromatic carbocycles. The summed E-state index contributed by atoms with van der Waals surface area (Å²) >= 11 is 15.6.